The van der Waals surface area contributed by atoms with Crippen molar-refractivity contribution in [3.05, 3.63) is 18.1 Å². The standard InChI is InChI=1S/C17H27N5O/c18-16-15(19-7-8-20-16)17(23)22-10-4-9-21(11-12-22)13-14-5-2-1-3-6-14/h7-8,14H,1-6,9-13H2,(H2,18,20). The average Bonchev–Trinajstić information content (AvgIpc) is 2.81. The lowest BCUT2D eigenvalue weighted by molar-refractivity contribution is 0.0755. The van der Waals surface area contributed by atoms with E-state index in [4.69, 9.17) is 5.73 Å². The van der Waals surface area contributed by atoms with Gasteiger partial charge >= 0.3 is 0 Å². The van der Waals surface area contributed by atoms with E-state index in [9.17, 15) is 4.79 Å². The van der Waals surface area contributed by atoms with Crippen LogP contribution in [0.3, 0.4) is 0 Å². The van der Waals surface area contributed by atoms with Crippen LogP contribution in [0.2, 0.25) is 0 Å². The van der Waals surface area contributed by atoms with Gasteiger partial charge in [0.15, 0.2) is 11.5 Å². The number of carbonyl (C=O) groups excluding carboxylic acids is 1. The number of hydrogen-bond acceptors (Lipinski definition) is 5. The van der Waals surface area contributed by atoms with Crippen LogP contribution in [0.1, 0.15) is 49.0 Å². The summed E-state index contributed by atoms with van der Waals surface area (Å²) < 4.78 is 0. The zero-order valence-corrected chi connectivity index (χ0v) is 13.8. The van der Waals surface area contributed by atoms with Crippen molar-refractivity contribution in [2.75, 3.05) is 38.5 Å². The molecule has 0 aromatic carbocycles. The highest BCUT2D eigenvalue weighted by Crippen LogP contribution is 2.24. The first kappa shape index (κ1) is 16.2. The first-order valence-electron chi connectivity index (χ1n) is 8.82. The van der Waals surface area contributed by atoms with E-state index >= 15 is 0 Å². The van der Waals surface area contributed by atoms with Crippen LogP contribution in [0, 0.1) is 5.92 Å². The minimum atomic E-state index is -0.0879. The minimum Gasteiger partial charge on any atom is -0.382 e. The summed E-state index contributed by atoms with van der Waals surface area (Å²) in [7, 11) is 0. The van der Waals surface area contributed by atoms with Crippen molar-refractivity contribution < 1.29 is 4.79 Å². The van der Waals surface area contributed by atoms with E-state index < -0.39 is 0 Å². The Balaban J connectivity index is 1.55. The van der Waals surface area contributed by atoms with Crippen LogP contribution in [-0.4, -0.2) is 58.4 Å². The van der Waals surface area contributed by atoms with Gasteiger partial charge in [-0.3, -0.25) is 4.79 Å². The Morgan fingerprint density at radius 1 is 1.04 bits per heavy atom. The third kappa shape index (κ3) is 4.19. The fourth-order valence-corrected chi connectivity index (χ4v) is 3.75. The van der Waals surface area contributed by atoms with Crippen LogP contribution >= 0.6 is 0 Å². The molecule has 1 amide bonds. The molecule has 2 fully saturated rings. The van der Waals surface area contributed by atoms with Crippen LogP contribution in [0.25, 0.3) is 0 Å². The van der Waals surface area contributed by atoms with Gasteiger partial charge in [0.2, 0.25) is 0 Å². The molecule has 0 bridgehead atoms. The summed E-state index contributed by atoms with van der Waals surface area (Å²) in [4.78, 5) is 25.1. The Hall–Kier alpha value is -1.69. The fraction of sp³-hybridized carbons (Fsp3) is 0.706. The van der Waals surface area contributed by atoms with Crippen LogP contribution in [0.4, 0.5) is 5.82 Å². The molecular formula is C17H27N5O. The van der Waals surface area contributed by atoms with Gasteiger partial charge in [0, 0.05) is 38.6 Å². The van der Waals surface area contributed by atoms with Crippen molar-refractivity contribution in [3.8, 4) is 0 Å². The second kappa shape index (κ2) is 7.73. The molecule has 6 nitrogen and oxygen atoms in total. The van der Waals surface area contributed by atoms with Crippen LogP contribution in [0.5, 0.6) is 0 Å². The summed E-state index contributed by atoms with van der Waals surface area (Å²) >= 11 is 0. The monoisotopic (exact) mass is 317 g/mol. The average molecular weight is 317 g/mol. The highest BCUT2D eigenvalue weighted by molar-refractivity contribution is 5.96. The van der Waals surface area contributed by atoms with Crippen LogP contribution in [0.15, 0.2) is 12.4 Å². The lowest BCUT2D eigenvalue weighted by Crippen LogP contribution is -2.37. The Bertz CT molecular complexity index is 529. The van der Waals surface area contributed by atoms with Crippen molar-refractivity contribution in [3.63, 3.8) is 0 Å². The smallest absolute Gasteiger partial charge is 0.276 e. The molecule has 0 spiro atoms. The van der Waals surface area contributed by atoms with Gasteiger partial charge in [-0.1, -0.05) is 19.3 Å². The summed E-state index contributed by atoms with van der Waals surface area (Å²) in [5.74, 6) is 0.984. The van der Waals surface area contributed by atoms with Gasteiger partial charge in [-0.05, 0) is 31.7 Å². The predicted molar refractivity (Wildman–Crippen MR) is 90.0 cm³/mol. The molecule has 2 N–H and O–H groups in total. The Kier molecular flexibility index (Phi) is 5.43. The van der Waals surface area contributed by atoms with E-state index in [0.29, 0.717) is 0 Å². The normalized spacial score (nSPS) is 21.1. The van der Waals surface area contributed by atoms with Crippen molar-refractivity contribution in [2.24, 2.45) is 5.92 Å². The number of amides is 1. The Morgan fingerprint density at radius 2 is 1.83 bits per heavy atom. The molecule has 1 aromatic rings. The van der Waals surface area contributed by atoms with E-state index in [1.165, 1.54) is 51.0 Å². The summed E-state index contributed by atoms with van der Waals surface area (Å²) in [6, 6.07) is 0. The first-order valence-corrected chi connectivity index (χ1v) is 8.82. The van der Waals surface area contributed by atoms with E-state index in [2.05, 4.69) is 14.9 Å². The van der Waals surface area contributed by atoms with Crippen LogP contribution < -0.4 is 5.73 Å². The van der Waals surface area contributed by atoms with Crippen molar-refractivity contribution in [1.82, 2.24) is 19.8 Å². The molecule has 1 aliphatic carbocycles. The maximum atomic E-state index is 12.6. The van der Waals surface area contributed by atoms with Gasteiger partial charge < -0.3 is 15.5 Å². The van der Waals surface area contributed by atoms with Gasteiger partial charge in [0.1, 0.15) is 0 Å². The number of anilines is 1. The van der Waals surface area contributed by atoms with E-state index in [0.717, 1.165) is 38.5 Å². The minimum absolute atomic E-state index is 0.0879. The van der Waals surface area contributed by atoms with Crippen LogP contribution in [-0.2, 0) is 0 Å². The van der Waals surface area contributed by atoms with E-state index in [1.54, 1.807) is 0 Å². The largest absolute Gasteiger partial charge is 0.382 e. The molecule has 1 aromatic heterocycles. The zero-order chi connectivity index (χ0) is 16.1. The third-order valence-electron chi connectivity index (χ3n) is 5.05. The summed E-state index contributed by atoms with van der Waals surface area (Å²) in [5, 5.41) is 0. The van der Waals surface area contributed by atoms with Crippen molar-refractivity contribution in [2.45, 2.75) is 38.5 Å². The second-order valence-corrected chi connectivity index (χ2v) is 6.74. The van der Waals surface area contributed by atoms with Crippen molar-refractivity contribution >= 4 is 11.7 Å². The number of nitrogens with two attached hydrogens (primary N) is 1. The second-order valence-electron chi connectivity index (χ2n) is 6.74. The number of nitrogens with zero attached hydrogens (tertiary/aromatic N) is 4. The quantitative estimate of drug-likeness (QED) is 0.920. The maximum Gasteiger partial charge on any atom is 0.276 e. The van der Waals surface area contributed by atoms with Crippen molar-refractivity contribution in [1.29, 1.82) is 0 Å². The molecule has 1 saturated carbocycles. The molecule has 0 unspecified atom stereocenters. The number of aromatic nitrogens is 2. The van der Waals surface area contributed by atoms with Gasteiger partial charge in [0.25, 0.3) is 5.91 Å². The van der Waals surface area contributed by atoms with Gasteiger partial charge in [-0.15, -0.1) is 0 Å². The first-order chi connectivity index (χ1) is 11.2. The summed E-state index contributed by atoms with van der Waals surface area (Å²) in [6.07, 6.45) is 11.0. The number of rotatable bonds is 3. The maximum absolute atomic E-state index is 12.6. The molecule has 126 valence electrons. The van der Waals surface area contributed by atoms with Gasteiger partial charge in [-0.25, -0.2) is 9.97 Å². The van der Waals surface area contributed by atoms with Gasteiger partial charge in [0.05, 0.1) is 0 Å². The highest BCUT2D eigenvalue weighted by atomic mass is 16.2. The molecule has 0 atom stereocenters. The van der Waals surface area contributed by atoms with E-state index in [1.807, 2.05) is 4.90 Å². The summed E-state index contributed by atoms with van der Waals surface area (Å²) in [5.41, 5.74) is 6.07. The molecule has 0 radical (unpaired) electrons. The van der Waals surface area contributed by atoms with E-state index in [-0.39, 0.29) is 17.4 Å². The Morgan fingerprint density at radius 3 is 2.61 bits per heavy atom. The number of hydrogen-bond donors (Lipinski definition) is 1. The molecular weight excluding hydrogens is 290 g/mol. The molecule has 6 heteroatoms. The lowest BCUT2D eigenvalue weighted by atomic mass is 9.89. The molecule has 23 heavy (non-hydrogen) atoms. The number of carbonyl (C=O) groups is 1. The lowest BCUT2D eigenvalue weighted by Gasteiger charge is -2.28. The predicted octanol–water partition coefficient (Wildman–Crippen LogP) is 1.79. The SMILES string of the molecule is Nc1nccnc1C(=O)N1CCCN(CC2CCCCC2)CC1. The van der Waals surface area contributed by atoms with Gasteiger partial charge in [-0.2, -0.15) is 0 Å². The Labute approximate surface area is 138 Å². The molecule has 1 aliphatic heterocycles. The molecule has 2 aliphatic rings. The topological polar surface area (TPSA) is 75.3 Å². The highest BCUT2D eigenvalue weighted by Gasteiger charge is 2.24. The third-order valence-corrected chi connectivity index (χ3v) is 5.05. The zero-order valence-electron chi connectivity index (χ0n) is 13.8. The molecule has 1 saturated heterocycles. The number of nitrogen functional groups attached to an aromatic ring is 1. The fourth-order valence-electron chi connectivity index (χ4n) is 3.75. The molecule has 3 rings (SSSR count). The summed E-state index contributed by atoms with van der Waals surface area (Å²) in [6.45, 7) is 4.74. The molecule has 2 heterocycles.